The number of aryl methyl sites for hydroxylation is 1. The lowest BCUT2D eigenvalue weighted by atomic mass is 10.2. The second kappa shape index (κ2) is 8.21. The van der Waals surface area contributed by atoms with Crippen molar-refractivity contribution in [3.05, 3.63) is 52.5 Å². The summed E-state index contributed by atoms with van der Waals surface area (Å²) >= 11 is 5.89. The van der Waals surface area contributed by atoms with Crippen LogP contribution in [0.1, 0.15) is 11.1 Å². The molecule has 0 heterocycles. The van der Waals surface area contributed by atoms with Crippen LogP contribution in [0.15, 0.2) is 41.5 Å². The number of nitrogens with zero attached hydrogens (tertiary/aromatic N) is 1. The van der Waals surface area contributed by atoms with Gasteiger partial charge in [0, 0.05) is 16.3 Å². The number of rotatable bonds is 6. The van der Waals surface area contributed by atoms with Crippen LogP contribution in [0.2, 0.25) is 5.02 Å². The zero-order valence-electron chi connectivity index (χ0n) is 13.3. The molecule has 2 aromatic carbocycles. The lowest BCUT2D eigenvalue weighted by molar-refractivity contribution is -0.119. The van der Waals surface area contributed by atoms with E-state index in [4.69, 9.17) is 16.3 Å². The van der Waals surface area contributed by atoms with Crippen molar-refractivity contribution in [1.82, 2.24) is 5.43 Å². The van der Waals surface area contributed by atoms with Gasteiger partial charge in [0.1, 0.15) is 11.5 Å². The minimum atomic E-state index is -0.317. The molecule has 0 aliphatic carbocycles. The lowest BCUT2D eigenvalue weighted by Crippen LogP contribution is -2.26. The first kappa shape index (κ1) is 17.6. The van der Waals surface area contributed by atoms with Crippen molar-refractivity contribution < 1.29 is 14.6 Å². The van der Waals surface area contributed by atoms with Crippen LogP contribution in [0, 0.1) is 6.92 Å². The average Bonchev–Trinajstić information content (AvgIpc) is 2.55. The van der Waals surface area contributed by atoms with Crippen LogP contribution in [0.3, 0.4) is 0 Å². The van der Waals surface area contributed by atoms with Crippen molar-refractivity contribution in [2.75, 3.05) is 19.0 Å². The zero-order chi connectivity index (χ0) is 17.5. The van der Waals surface area contributed by atoms with E-state index in [0.717, 1.165) is 11.3 Å². The number of hydrogen-bond donors (Lipinski definition) is 3. The van der Waals surface area contributed by atoms with E-state index in [9.17, 15) is 9.90 Å². The minimum absolute atomic E-state index is 0.0451. The van der Waals surface area contributed by atoms with Gasteiger partial charge < -0.3 is 15.2 Å². The van der Waals surface area contributed by atoms with Crippen molar-refractivity contribution in [2.24, 2.45) is 5.10 Å². The van der Waals surface area contributed by atoms with E-state index in [1.165, 1.54) is 19.4 Å². The fourth-order valence-corrected chi connectivity index (χ4v) is 2.20. The lowest BCUT2D eigenvalue weighted by Gasteiger charge is -2.08. The summed E-state index contributed by atoms with van der Waals surface area (Å²) in [4.78, 5) is 11.8. The van der Waals surface area contributed by atoms with Crippen molar-refractivity contribution in [3.63, 3.8) is 0 Å². The molecule has 0 saturated heterocycles. The number of carbonyl (C=O) groups is 1. The molecule has 1 amide bonds. The molecule has 2 aromatic rings. The molecule has 0 saturated carbocycles. The molecule has 0 spiro atoms. The van der Waals surface area contributed by atoms with E-state index >= 15 is 0 Å². The predicted molar refractivity (Wildman–Crippen MR) is 95.1 cm³/mol. The first-order chi connectivity index (χ1) is 11.5. The van der Waals surface area contributed by atoms with Crippen molar-refractivity contribution in [2.45, 2.75) is 6.92 Å². The van der Waals surface area contributed by atoms with E-state index < -0.39 is 0 Å². The first-order valence-electron chi connectivity index (χ1n) is 7.18. The van der Waals surface area contributed by atoms with Crippen LogP contribution < -0.4 is 15.5 Å². The summed E-state index contributed by atoms with van der Waals surface area (Å²) in [5.41, 5.74) is 4.60. The number of carbonyl (C=O) groups excluding carboxylic acids is 1. The molecular weight excluding hydrogens is 330 g/mol. The number of anilines is 1. The molecule has 126 valence electrons. The number of aromatic hydroxyl groups is 1. The number of hydrazone groups is 1. The Morgan fingerprint density at radius 3 is 2.83 bits per heavy atom. The van der Waals surface area contributed by atoms with Crippen molar-refractivity contribution >= 4 is 29.4 Å². The highest BCUT2D eigenvalue weighted by molar-refractivity contribution is 6.30. The Kier molecular flexibility index (Phi) is 6.03. The molecule has 6 nitrogen and oxygen atoms in total. The van der Waals surface area contributed by atoms with E-state index in [1.807, 2.05) is 19.1 Å². The number of methoxy groups -OCH3 is 1. The number of phenols is 1. The third-order valence-corrected chi connectivity index (χ3v) is 3.49. The normalized spacial score (nSPS) is 10.6. The van der Waals surface area contributed by atoms with Gasteiger partial charge in [-0.05, 0) is 48.9 Å². The summed E-state index contributed by atoms with van der Waals surface area (Å²) in [7, 11) is 1.53. The summed E-state index contributed by atoms with van der Waals surface area (Å²) in [6.45, 7) is 1.96. The van der Waals surface area contributed by atoms with Gasteiger partial charge in [-0.2, -0.15) is 5.10 Å². The smallest absolute Gasteiger partial charge is 0.259 e. The molecule has 3 N–H and O–H groups in total. The molecule has 0 radical (unpaired) electrons. The van der Waals surface area contributed by atoms with Crippen LogP contribution in [0.5, 0.6) is 11.5 Å². The number of amides is 1. The highest BCUT2D eigenvalue weighted by Crippen LogP contribution is 2.21. The maximum atomic E-state index is 11.8. The van der Waals surface area contributed by atoms with Crippen LogP contribution in [0.25, 0.3) is 0 Å². The largest absolute Gasteiger partial charge is 0.507 e. The molecule has 0 aromatic heterocycles. The van der Waals surface area contributed by atoms with E-state index in [-0.39, 0.29) is 18.2 Å². The van der Waals surface area contributed by atoms with E-state index in [2.05, 4.69) is 15.8 Å². The molecule has 7 heteroatoms. The molecule has 0 fully saturated rings. The molecule has 0 atom stereocenters. The Bertz CT molecular complexity index is 763. The molecular formula is C17H18ClN3O3. The number of ether oxygens (including phenoxy) is 1. The van der Waals surface area contributed by atoms with E-state index in [0.29, 0.717) is 16.3 Å². The highest BCUT2D eigenvalue weighted by Gasteiger charge is 2.04. The Balaban J connectivity index is 1.89. The van der Waals surface area contributed by atoms with Gasteiger partial charge in [-0.1, -0.05) is 11.6 Å². The molecule has 24 heavy (non-hydrogen) atoms. The molecule has 2 rings (SSSR count). The third kappa shape index (κ3) is 4.89. The standard InChI is InChI=1S/C17H18ClN3O3/c1-11-7-13(18)3-5-15(11)19-10-17(23)21-20-9-12-8-14(24-2)4-6-16(12)22/h3-9,19,22H,10H2,1-2H3,(H,21,23)/b20-9-. The third-order valence-electron chi connectivity index (χ3n) is 3.26. The number of halogens is 1. The average molecular weight is 348 g/mol. The second-order valence-corrected chi connectivity index (χ2v) is 5.47. The van der Waals surface area contributed by atoms with Gasteiger partial charge in [-0.25, -0.2) is 5.43 Å². The first-order valence-corrected chi connectivity index (χ1v) is 7.56. The Morgan fingerprint density at radius 1 is 1.33 bits per heavy atom. The molecule has 0 aliphatic heterocycles. The van der Waals surface area contributed by atoms with Crippen molar-refractivity contribution in [1.29, 1.82) is 0 Å². The quantitative estimate of drug-likeness (QED) is 0.554. The van der Waals surface area contributed by atoms with Crippen molar-refractivity contribution in [3.8, 4) is 11.5 Å². The Morgan fingerprint density at radius 2 is 2.12 bits per heavy atom. The van der Waals surface area contributed by atoms with Crippen LogP contribution in [-0.2, 0) is 4.79 Å². The number of nitrogens with one attached hydrogen (secondary N) is 2. The topological polar surface area (TPSA) is 83.0 Å². The monoisotopic (exact) mass is 347 g/mol. The maximum absolute atomic E-state index is 11.8. The summed E-state index contributed by atoms with van der Waals surface area (Å²) in [5.74, 6) is 0.312. The van der Waals surface area contributed by atoms with Gasteiger partial charge in [-0.15, -0.1) is 0 Å². The van der Waals surface area contributed by atoms with Gasteiger partial charge in [-0.3, -0.25) is 4.79 Å². The van der Waals surface area contributed by atoms with Crippen LogP contribution in [0.4, 0.5) is 5.69 Å². The molecule has 0 aliphatic rings. The van der Waals surface area contributed by atoms with Crippen LogP contribution >= 0.6 is 11.6 Å². The zero-order valence-corrected chi connectivity index (χ0v) is 14.1. The number of benzene rings is 2. The Labute approximate surface area is 145 Å². The molecule has 0 unspecified atom stereocenters. The fraction of sp³-hybridized carbons (Fsp3) is 0.176. The Hall–Kier alpha value is -2.73. The fourth-order valence-electron chi connectivity index (χ4n) is 1.98. The number of hydrogen-bond acceptors (Lipinski definition) is 5. The van der Waals surface area contributed by atoms with Gasteiger partial charge in [0.25, 0.3) is 5.91 Å². The van der Waals surface area contributed by atoms with Gasteiger partial charge in [0.05, 0.1) is 19.9 Å². The van der Waals surface area contributed by atoms with Gasteiger partial charge in [0.15, 0.2) is 0 Å². The summed E-state index contributed by atoms with van der Waals surface area (Å²) < 4.78 is 5.06. The highest BCUT2D eigenvalue weighted by atomic mass is 35.5. The predicted octanol–water partition coefficient (Wildman–Crippen LogP) is 2.92. The van der Waals surface area contributed by atoms with E-state index in [1.54, 1.807) is 18.2 Å². The molecule has 0 bridgehead atoms. The minimum Gasteiger partial charge on any atom is -0.507 e. The summed E-state index contributed by atoms with van der Waals surface area (Å²) in [5, 5.41) is 17.2. The maximum Gasteiger partial charge on any atom is 0.259 e. The van der Waals surface area contributed by atoms with Crippen LogP contribution in [-0.4, -0.2) is 30.9 Å². The van der Waals surface area contributed by atoms with Gasteiger partial charge in [0.2, 0.25) is 0 Å². The SMILES string of the molecule is COc1ccc(O)c(/C=N\NC(=O)CNc2ccc(Cl)cc2C)c1. The summed E-state index contributed by atoms with van der Waals surface area (Å²) in [6.07, 6.45) is 1.35. The van der Waals surface area contributed by atoms with Gasteiger partial charge >= 0.3 is 0 Å². The second-order valence-electron chi connectivity index (χ2n) is 5.03. The number of phenolic OH excluding ortho intramolecular Hbond substituents is 1. The summed E-state index contributed by atoms with van der Waals surface area (Å²) in [6, 6.07) is 10.1.